The number of carbonyl (C=O) groups is 1. The van der Waals surface area contributed by atoms with Gasteiger partial charge in [0.2, 0.25) is 11.9 Å². The maximum atomic E-state index is 13.2. The zero-order valence-electron chi connectivity index (χ0n) is 20.9. The van der Waals surface area contributed by atoms with Crippen LogP contribution >= 0.6 is 0 Å². The Morgan fingerprint density at radius 2 is 1.50 bits per heavy atom. The van der Waals surface area contributed by atoms with Crippen LogP contribution in [0.2, 0.25) is 0 Å². The number of rotatable bonds is 11. The van der Waals surface area contributed by atoms with Crippen molar-refractivity contribution < 1.29 is 4.79 Å². The van der Waals surface area contributed by atoms with Crippen molar-refractivity contribution >= 4 is 17.7 Å². The molecule has 184 valence electrons. The number of carbonyl (C=O) groups excluding carboxylic acids is 1. The molecule has 1 atom stereocenters. The second-order valence-corrected chi connectivity index (χ2v) is 8.97. The van der Waals surface area contributed by atoms with Gasteiger partial charge in [0.25, 0.3) is 0 Å². The van der Waals surface area contributed by atoms with Crippen molar-refractivity contribution in [3.8, 4) is 0 Å². The Balaban J connectivity index is 1.44. The van der Waals surface area contributed by atoms with Gasteiger partial charge in [0.1, 0.15) is 11.9 Å². The largest absolute Gasteiger partial charge is 0.358 e. The number of benzene rings is 3. The molecule has 1 heterocycles. The van der Waals surface area contributed by atoms with E-state index in [0.29, 0.717) is 31.3 Å². The van der Waals surface area contributed by atoms with Gasteiger partial charge in [0, 0.05) is 31.3 Å². The average Bonchev–Trinajstić information content (AvgIpc) is 2.88. The van der Waals surface area contributed by atoms with E-state index >= 15 is 0 Å². The number of amides is 1. The number of nitrogens with zero attached hydrogens (tertiary/aromatic N) is 2. The second-order valence-electron chi connectivity index (χ2n) is 8.97. The summed E-state index contributed by atoms with van der Waals surface area (Å²) in [6.07, 6.45) is 1.33. The molecular weight excluding hydrogens is 446 g/mol. The van der Waals surface area contributed by atoms with Crippen molar-refractivity contribution in [2.45, 2.75) is 39.3 Å². The summed E-state index contributed by atoms with van der Waals surface area (Å²) in [5, 5.41) is 9.76. The van der Waals surface area contributed by atoms with Crippen molar-refractivity contribution in [3.63, 3.8) is 0 Å². The smallest absolute Gasteiger partial charge is 0.242 e. The highest BCUT2D eigenvalue weighted by atomic mass is 16.2. The molecule has 0 saturated heterocycles. The molecule has 1 aromatic heterocycles. The summed E-state index contributed by atoms with van der Waals surface area (Å²) in [6, 6.07) is 29.9. The Labute approximate surface area is 213 Å². The number of anilines is 2. The van der Waals surface area contributed by atoms with E-state index in [1.54, 1.807) is 0 Å². The molecule has 0 fully saturated rings. The Bertz CT molecular complexity index is 1260. The quantitative estimate of drug-likeness (QED) is 0.279. The molecule has 0 unspecified atom stereocenters. The third kappa shape index (κ3) is 7.67. The molecule has 0 spiro atoms. The van der Waals surface area contributed by atoms with Crippen LogP contribution in [0.15, 0.2) is 91.0 Å². The van der Waals surface area contributed by atoms with Gasteiger partial charge in [0.05, 0.1) is 0 Å². The van der Waals surface area contributed by atoms with E-state index in [1.165, 1.54) is 11.1 Å². The molecule has 6 nitrogen and oxygen atoms in total. The summed E-state index contributed by atoms with van der Waals surface area (Å²) in [6.45, 7) is 5.20. The van der Waals surface area contributed by atoms with Crippen LogP contribution in [0.5, 0.6) is 0 Å². The van der Waals surface area contributed by atoms with Gasteiger partial charge in [-0.1, -0.05) is 90.5 Å². The highest BCUT2D eigenvalue weighted by Gasteiger charge is 2.20. The summed E-state index contributed by atoms with van der Waals surface area (Å²) in [7, 11) is 0. The van der Waals surface area contributed by atoms with E-state index in [1.807, 2.05) is 67.6 Å². The lowest BCUT2D eigenvalue weighted by atomic mass is 10.0. The van der Waals surface area contributed by atoms with Crippen LogP contribution in [0, 0.1) is 13.8 Å². The van der Waals surface area contributed by atoms with Crippen LogP contribution in [0.4, 0.5) is 11.8 Å². The first kappa shape index (κ1) is 24.9. The predicted molar refractivity (Wildman–Crippen MR) is 146 cm³/mol. The fraction of sp³-hybridized carbons (Fsp3) is 0.233. The fourth-order valence-electron chi connectivity index (χ4n) is 4.06. The summed E-state index contributed by atoms with van der Waals surface area (Å²) in [5.41, 5.74) is 5.47. The van der Waals surface area contributed by atoms with Crippen LogP contribution < -0.4 is 16.0 Å². The maximum absolute atomic E-state index is 13.2. The molecule has 0 aliphatic heterocycles. The summed E-state index contributed by atoms with van der Waals surface area (Å²) < 4.78 is 0. The van der Waals surface area contributed by atoms with Gasteiger partial charge < -0.3 is 16.0 Å². The first-order valence-corrected chi connectivity index (χ1v) is 12.3. The van der Waals surface area contributed by atoms with Crippen molar-refractivity contribution in [1.82, 2.24) is 15.3 Å². The lowest BCUT2D eigenvalue weighted by molar-refractivity contribution is -0.121. The highest BCUT2D eigenvalue weighted by Crippen LogP contribution is 2.15. The summed E-state index contributed by atoms with van der Waals surface area (Å²) in [4.78, 5) is 22.4. The zero-order chi connectivity index (χ0) is 25.2. The number of hydrogen-bond acceptors (Lipinski definition) is 5. The van der Waals surface area contributed by atoms with Crippen molar-refractivity contribution in [2.75, 3.05) is 17.2 Å². The average molecular weight is 480 g/mol. The van der Waals surface area contributed by atoms with Gasteiger partial charge in [-0.05, 0) is 37.0 Å². The van der Waals surface area contributed by atoms with Gasteiger partial charge in [-0.3, -0.25) is 4.79 Å². The molecule has 0 saturated carbocycles. The van der Waals surface area contributed by atoms with Crippen molar-refractivity contribution in [2.24, 2.45) is 0 Å². The zero-order valence-corrected chi connectivity index (χ0v) is 20.9. The van der Waals surface area contributed by atoms with Crippen LogP contribution in [-0.4, -0.2) is 28.5 Å². The third-order valence-electron chi connectivity index (χ3n) is 5.86. The number of aryl methyl sites for hydroxylation is 2. The lowest BCUT2D eigenvalue weighted by Crippen LogP contribution is -2.42. The Hall–Kier alpha value is -4.19. The molecule has 0 bridgehead atoms. The van der Waals surface area contributed by atoms with E-state index in [-0.39, 0.29) is 5.91 Å². The van der Waals surface area contributed by atoms with Crippen molar-refractivity contribution in [3.05, 3.63) is 119 Å². The number of hydrogen-bond donors (Lipinski definition) is 3. The SMILES string of the molecule is Cc1cccc(CNc2nc(C)cc(N[C@@H](Cc3ccccc3)C(=O)NCCc3ccccc3)n2)c1. The normalized spacial score (nSPS) is 11.5. The van der Waals surface area contributed by atoms with Gasteiger partial charge in [-0.2, -0.15) is 4.98 Å². The minimum atomic E-state index is -0.470. The molecule has 4 aromatic rings. The van der Waals surface area contributed by atoms with Crippen LogP contribution in [0.3, 0.4) is 0 Å². The Kier molecular flexibility index (Phi) is 8.65. The maximum Gasteiger partial charge on any atom is 0.242 e. The van der Waals surface area contributed by atoms with E-state index in [2.05, 4.69) is 63.2 Å². The van der Waals surface area contributed by atoms with Gasteiger partial charge in [0.15, 0.2) is 0 Å². The van der Waals surface area contributed by atoms with Crippen LogP contribution in [-0.2, 0) is 24.2 Å². The molecule has 6 heteroatoms. The van der Waals surface area contributed by atoms with E-state index in [9.17, 15) is 4.79 Å². The Morgan fingerprint density at radius 1 is 0.806 bits per heavy atom. The summed E-state index contributed by atoms with van der Waals surface area (Å²) >= 11 is 0. The fourth-order valence-corrected chi connectivity index (χ4v) is 4.06. The monoisotopic (exact) mass is 479 g/mol. The number of aromatic nitrogens is 2. The third-order valence-corrected chi connectivity index (χ3v) is 5.86. The molecule has 36 heavy (non-hydrogen) atoms. The predicted octanol–water partition coefficient (Wildman–Crippen LogP) is 5.09. The minimum absolute atomic E-state index is 0.0553. The van der Waals surface area contributed by atoms with Crippen molar-refractivity contribution in [1.29, 1.82) is 0 Å². The van der Waals surface area contributed by atoms with Crippen LogP contribution in [0.25, 0.3) is 0 Å². The van der Waals surface area contributed by atoms with E-state index in [4.69, 9.17) is 0 Å². The molecule has 0 aliphatic carbocycles. The van der Waals surface area contributed by atoms with Gasteiger partial charge in [-0.15, -0.1) is 0 Å². The van der Waals surface area contributed by atoms with Crippen LogP contribution in [0.1, 0.15) is 27.9 Å². The second kappa shape index (κ2) is 12.5. The summed E-state index contributed by atoms with van der Waals surface area (Å²) in [5.74, 6) is 1.09. The van der Waals surface area contributed by atoms with E-state index < -0.39 is 6.04 Å². The van der Waals surface area contributed by atoms with Gasteiger partial charge >= 0.3 is 0 Å². The topological polar surface area (TPSA) is 78.9 Å². The molecule has 4 rings (SSSR count). The Morgan fingerprint density at radius 3 is 2.22 bits per heavy atom. The molecular formula is C30H33N5O. The highest BCUT2D eigenvalue weighted by molar-refractivity contribution is 5.84. The minimum Gasteiger partial charge on any atom is -0.358 e. The molecule has 0 aliphatic rings. The van der Waals surface area contributed by atoms with E-state index in [0.717, 1.165) is 23.2 Å². The first-order valence-electron chi connectivity index (χ1n) is 12.3. The molecule has 3 N–H and O–H groups in total. The van der Waals surface area contributed by atoms with Gasteiger partial charge in [-0.25, -0.2) is 4.98 Å². The number of nitrogens with one attached hydrogen (secondary N) is 3. The first-order chi connectivity index (χ1) is 17.5. The molecule has 1 amide bonds. The molecule has 0 radical (unpaired) electrons. The lowest BCUT2D eigenvalue weighted by Gasteiger charge is -2.20. The standard InChI is InChI=1S/C30H33N5O/c1-22-10-9-15-26(18-22)21-32-30-33-23(2)19-28(35-30)34-27(20-25-13-7-4-8-14-25)29(36)31-17-16-24-11-5-3-6-12-24/h3-15,18-19,27H,16-17,20-21H2,1-2H3,(H,31,36)(H2,32,33,34,35)/t27-/m0/s1. The molecule has 3 aromatic carbocycles.